The van der Waals surface area contributed by atoms with Crippen LogP contribution in [0.4, 0.5) is 4.79 Å². The maximum atomic E-state index is 12.2. The van der Waals surface area contributed by atoms with Crippen molar-refractivity contribution in [2.75, 3.05) is 13.1 Å². The molecule has 3 rings (SSSR count). The molecule has 1 saturated heterocycles. The Hall–Kier alpha value is -2.30. The smallest absolute Gasteiger partial charge is 0.410 e. The molecule has 24 heavy (non-hydrogen) atoms. The molecule has 1 fully saturated rings. The van der Waals surface area contributed by atoms with Crippen molar-refractivity contribution in [3.05, 3.63) is 42.7 Å². The summed E-state index contributed by atoms with van der Waals surface area (Å²) in [7, 11) is 0. The van der Waals surface area contributed by atoms with Gasteiger partial charge in [0, 0.05) is 37.1 Å². The highest BCUT2D eigenvalue weighted by Crippen LogP contribution is 2.28. The van der Waals surface area contributed by atoms with Gasteiger partial charge >= 0.3 is 6.09 Å². The Bertz CT molecular complexity index is 680. The van der Waals surface area contributed by atoms with Crippen molar-refractivity contribution in [1.29, 1.82) is 0 Å². The van der Waals surface area contributed by atoms with Crippen LogP contribution < -0.4 is 0 Å². The Labute approximate surface area is 143 Å². The molecule has 0 unspecified atom stereocenters. The molecule has 128 valence electrons. The molecule has 1 amide bonds. The first-order valence-corrected chi connectivity index (χ1v) is 8.50. The normalized spacial score (nSPS) is 16.2. The monoisotopic (exact) mass is 327 g/mol. The molecule has 5 heteroatoms. The molecule has 5 nitrogen and oxygen atoms in total. The van der Waals surface area contributed by atoms with Crippen molar-refractivity contribution in [2.24, 2.45) is 0 Å². The van der Waals surface area contributed by atoms with Crippen LogP contribution in [0, 0.1) is 0 Å². The van der Waals surface area contributed by atoms with Gasteiger partial charge in [-0.3, -0.25) is 0 Å². The highest BCUT2D eigenvalue weighted by molar-refractivity contribution is 5.68. The van der Waals surface area contributed by atoms with E-state index < -0.39 is 5.60 Å². The standard InChI is InChI=1S/C19H25N3O2/c1-19(2,3)24-18(23)21-12-9-16(10-13-21)22-14-11-20-17(22)15-7-5-4-6-8-15/h4-8,11,14,16H,9-10,12-13H2,1-3H3. The number of imidazole rings is 1. The van der Waals surface area contributed by atoms with E-state index in [9.17, 15) is 4.79 Å². The lowest BCUT2D eigenvalue weighted by Crippen LogP contribution is -2.42. The second kappa shape index (κ2) is 6.67. The number of nitrogens with zero attached hydrogens (tertiary/aromatic N) is 3. The lowest BCUT2D eigenvalue weighted by Gasteiger charge is -2.34. The first-order chi connectivity index (χ1) is 11.4. The van der Waals surface area contributed by atoms with Crippen molar-refractivity contribution >= 4 is 6.09 Å². The molecule has 1 aliphatic heterocycles. The summed E-state index contributed by atoms with van der Waals surface area (Å²) >= 11 is 0. The van der Waals surface area contributed by atoms with Gasteiger partial charge in [0.25, 0.3) is 0 Å². The van der Waals surface area contributed by atoms with E-state index in [-0.39, 0.29) is 6.09 Å². The van der Waals surface area contributed by atoms with Gasteiger partial charge in [0.05, 0.1) is 0 Å². The lowest BCUT2D eigenvalue weighted by atomic mass is 10.0. The predicted molar refractivity (Wildman–Crippen MR) is 93.7 cm³/mol. The van der Waals surface area contributed by atoms with Crippen LogP contribution in [0.2, 0.25) is 0 Å². The largest absolute Gasteiger partial charge is 0.444 e. The average molecular weight is 327 g/mol. The minimum Gasteiger partial charge on any atom is -0.444 e. The number of amides is 1. The summed E-state index contributed by atoms with van der Waals surface area (Å²) in [5, 5.41) is 0. The lowest BCUT2D eigenvalue weighted by molar-refractivity contribution is 0.0189. The predicted octanol–water partition coefficient (Wildman–Crippen LogP) is 4.12. The van der Waals surface area contributed by atoms with E-state index in [2.05, 4.69) is 21.7 Å². The number of likely N-dealkylation sites (tertiary alicyclic amines) is 1. The molecular weight excluding hydrogens is 302 g/mol. The van der Waals surface area contributed by atoms with Gasteiger partial charge in [-0.25, -0.2) is 9.78 Å². The van der Waals surface area contributed by atoms with Crippen LogP contribution in [-0.4, -0.2) is 39.2 Å². The molecule has 0 radical (unpaired) electrons. The quantitative estimate of drug-likeness (QED) is 0.833. The third-order valence-corrected chi connectivity index (χ3v) is 4.21. The molecule has 0 saturated carbocycles. The zero-order chi connectivity index (χ0) is 17.2. The van der Waals surface area contributed by atoms with Crippen molar-refractivity contribution in [1.82, 2.24) is 14.5 Å². The number of carbonyl (C=O) groups excluding carboxylic acids is 1. The van der Waals surface area contributed by atoms with Gasteiger partial charge in [-0.15, -0.1) is 0 Å². The zero-order valence-electron chi connectivity index (χ0n) is 14.6. The highest BCUT2D eigenvalue weighted by atomic mass is 16.6. The number of carbonyl (C=O) groups is 1. The maximum absolute atomic E-state index is 12.2. The van der Waals surface area contributed by atoms with E-state index in [4.69, 9.17) is 4.74 Å². The SMILES string of the molecule is CC(C)(C)OC(=O)N1CCC(n2ccnc2-c2ccccc2)CC1. The fourth-order valence-electron chi connectivity index (χ4n) is 3.07. The van der Waals surface area contributed by atoms with Crippen LogP contribution in [0.15, 0.2) is 42.7 Å². The first kappa shape index (κ1) is 16.6. The average Bonchev–Trinajstić information content (AvgIpc) is 3.04. The van der Waals surface area contributed by atoms with E-state index in [0.717, 1.165) is 24.2 Å². The molecule has 0 aliphatic carbocycles. The van der Waals surface area contributed by atoms with Gasteiger partial charge in [0.15, 0.2) is 0 Å². The number of aromatic nitrogens is 2. The topological polar surface area (TPSA) is 47.4 Å². The second-order valence-electron chi connectivity index (χ2n) is 7.22. The van der Waals surface area contributed by atoms with Crippen LogP contribution in [0.25, 0.3) is 11.4 Å². The van der Waals surface area contributed by atoms with Crippen LogP contribution >= 0.6 is 0 Å². The molecule has 2 aromatic rings. The minimum absolute atomic E-state index is 0.213. The summed E-state index contributed by atoms with van der Waals surface area (Å²) in [6.07, 6.45) is 5.50. The Morgan fingerprint density at radius 1 is 1.17 bits per heavy atom. The number of hydrogen-bond acceptors (Lipinski definition) is 3. The Morgan fingerprint density at radius 2 is 1.83 bits per heavy atom. The fourth-order valence-corrected chi connectivity index (χ4v) is 3.07. The maximum Gasteiger partial charge on any atom is 0.410 e. The van der Waals surface area contributed by atoms with Crippen molar-refractivity contribution in [3.63, 3.8) is 0 Å². The number of hydrogen-bond donors (Lipinski definition) is 0. The van der Waals surface area contributed by atoms with Crippen LogP contribution in [-0.2, 0) is 4.74 Å². The van der Waals surface area contributed by atoms with E-state index in [1.165, 1.54) is 0 Å². The van der Waals surface area contributed by atoms with Gasteiger partial charge < -0.3 is 14.2 Å². The molecule has 1 aromatic carbocycles. The number of rotatable bonds is 2. The molecule has 1 aliphatic rings. The summed E-state index contributed by atoms with van der Waals surface area (Å²) in [6, 6.07) is 10.6. The Balaban J connectivity index is 1.66. The summed E-state index contributed by atoms with van der Waals surface area (Å²) < 4.78 is 7.70. The van der Waals surface area contributed by atoms with Crippen LogP contribution in [0.1, 0.15) is 39.7 Å². The van der Waals surface area contributed by atoms with Crippen molar-refractivity contribution in [2.45, 2.75) is 45.3 Å². The summed E-state index contributed by atoms with van der Waals surface area (Å²) in [5.41, 5.74) is 0.677. The summed E-state index contributed by atoms with van der Waals surface area (Å²) in [6.45, 7) is 7.12. The van der Waals surface area contributed by atoms with E-state index in [1.54, 1.807) is 4.90 Å². The van der Waals surface area contributed by atoms with E-state index in [1.807, 2.05) is 51.4 Å². The van der Waals surface area contributed by atoms with Crippen molar-refractivity contribution < 1.29 is 9.53 Å². The summed E-state index contributed by atoms with van der Waals surface area (Å²) in [5.74, 6) is 0.992. The molecule has 1 aromatic heterocycles. The second-order valence-corrected chi connectivity index (χ2v) is 7.22. The first-order valence-electron chi connectivity index (χ1n) is 8.50. The fraction of sp³-hybridized carbons (Fsp3) is 0.474. The molecule has 0 bridgehead atoms. The summed E-state index contributed by atoms with van der Waals surface area (Å²) in [4.78, 5) is 18.5. The van der Waals surface area contributed by atoms with E-state index in [0.29, 0.717) is 19.1 Å². The molecular formula is C19H25N3O2. The molecule has 0 spiro atoms. The van der Waals surface area contributed by atoms with E-state index >= 15 is 0 Å². The van der Waals surface area contributed by atoms with Gasteiger partial charge in [0.1, 0.15) is 11.4 Å². The Kier molecular flexibility index (Phi) is 4.60. The number of ether oxygens (including phenoxy) is 1. The zero-order valence-corrected chi connectivity index (χ0v) is 14.6. The van der Waals surface area contributed by atoms with Gasteiger partial charge in [0.2, 0.25) is 0 Å². The minimum atomic E-state index is -0.446. The van der Waals surface area contributed by atoms with Gasteiger partial charge in [-0.05, 0) is 33.6 Å². The van der Waals surface area contributed by atoms with Crippen LogP contribution in [0.5, 0.6) is 0 Å². The molecule has 0 N–H and O–H groups in total. The van der Waals surface area contributed by atoms with Crippen LogP contribution in [0.3, 0.4) is 0 Å². The highest BCUT2D eigenvalue weighted by Gasteiger charge is 2.28. The molecule has 0 atom stereocenters. The number of piperidine rings is 1. The molecule has 2 heterocycles. The van der Waals surface area contributed by atoms with Crippen molar-refractivity contribution in [3.8, 4) is 11.4 Å². The third kappa shape index (κ3) is 3.78. The number of benzene rings is 1. The third-order valence-electron chi connectivity index (χ3n) is 4.21. The van der Waals surface area contributed by atoms with Gasteiger partial charge in [-0.1, -0.05) is 30.3 Å². The van der Waals surface area contributed by atoms with Gasteiger partial charge in [-0.2, -0.15) is 0 Å². The Morgan fingerprint density at radius 3 is 2.46 bits per heavy atom.